The number of fused-ring (bicyclic) bond motifs is 1. The first-order chi connectivity index (χ1) is 7.89. The van der Waals surface area contributed by atoms with Gasteiger partial charge in [0.2, 0.25) is 0 Å². The SMILES string of the molecule is CC1=Cc2ccccc2C1CC(C)C(C)(C)N. The van der Waals surface area contributed by atoms with Gasteiger partial charge in [-0.15, -0.1) is 0 Å². The molecule has 1 aliphatic rings. The zero-order chi connectivity index (χ0) is 12.6. The van der Waals surface area contributed by atoms with Crippen molar-refractivity contribution >= 4 is 6.08 Å². The maximum absolute atomic E-state index is 6.20. The molecule has 0 saturated heterocycles. The van der Waals surface area contributed by atoms with Gasteiger partial charge in [0.25, 0.3) is 0 Å². The van der Waals surface area contributed by atoms with Crippen LogP contribution < -0.4 is 5.73 Å². The average Bonchev–Trinajstić information content (AvgIpc) is 2.54. The molecule has 2 rings (SSSR count). The summed E-state index contributed by atoms with van der Waals surface area (Å²) in [6, 6.07) is 8.71. The van der Waals surface area contributed by atoms with E-state index in [1.54, 1.807) is 0 Å². The van der Waals surface area contributed by atoms with E-state index in [1.807, 2.05) is 0 Å². The lowest BCUT2D eigenvalue weighted by Gasteiger charge is -2.30. The van der Waals surface area contributed by atoms with Gasteiger partial charge in [-0.25, -0.2) is 0 Å². The third kappa shape index (κ3) is 2.44. The molecule has 17 heavy (non-hydrogen) atoms. The van der Waals surface area contributed by atoms with Crippen molar-refractivity contribution in [2.75, 3.05) is 0 Å². The van der Waals surface area contributed by atoms with Gasteiger partial charge in [0.1, 0.15) is 0 Å². The van der Waals surface area contributed by atoms with E-state index in [1.165, 1.54) is 16.7 Å². The Labute approximate surface area is 105 Å². The van der Waals surface area contributed by atoms with Crippen LogP contribution in [0.25, 0.3) is 6.08 Å². The molecule has 0 saturated carbocycles. The van der Waals surface area contributed by atoms with Crippen LogP contribution in [0.3, 0.4) is 0 Å². The summed E-state index contributed by atoms with van der Waals surface area (Å²) in [7, 11) is 0. The predicted molar refractivity (Wildman–Crippen MR) is 74.9 cm³/mol. The van der Waals surface area contributed by atoms with Gasteiger partial charge >= 0.3 is 0 Å². The van der Waals surface area contributed by atoms with Crippen LogP contribution in [0.4, 0.5) is 0 Å². The summed E-state index contributed by atoms with van der Waals surface area (Å²) in [5, 5.41) is 0. The van der Waals surface area contributed by atoms with Gasteiger partial charge < -0.3 is 5.73 Å². The number of nitrogens with two attached hydrogens (primary N) is 1. The summed E-state index contributed by atoms with van der Waals surface area (Å²) in [5.74, 6) is 1.08. The molecule has 1 aliphatic carbocycles. The Bertz CT molecular complexity index is 437. The fourth-order valence-electron chi connectivity index (χ4n) is 2.52. The molecule has 1 aromatic rings. The molecule has 92 valence electrons. The summed E-state index contributed by atoms with van der Waals surface area (Å²) >= 11 is 0. The molecular formula is C16H23N. The lowest BCUT2D eigenvalue weighted by atomic mass is 9.79. The number of benzene rings is 1. The van der Waals surface area contributed by atoms with Crippen LogP contribution in [0.15, 0.2) is 29.8 Å². The normalized spacial score (nSPS) is 21.0. The highest BCUT2D eigenvalue weighted by atomic mass is 14.7. The molecule has 0 fully saturated rings. The van der Waals surface area contributed by atoms with Crippen LogP contribution in [-0.2, 0) is 0 Å². The van der Waals surface area contributed by atoms with E-state index in [9.17, 15) is 0 Å². The molecule has 0 bridgehead atoms. The second kappa shape index (κ2) is 4.30. The monoisotopic (exact) mass is 229 g/mol. The summed E-state index contributed by atoms with van der Waals surface area (Å²) in [6.07, 6.45) is 3.46. The number of allylic oxidation sites excluding steroid dienone is 1. The molecular weight excluding hydrogens is 206 g/mol. The Kier molecular flexibility index (Phi) is 3.13. The van der Waals surface area contributed by atoms with Crippen molar-refractivity contribution in [2.24, 2.45) is 11.7 Å². The molecule has 2 N–H and O–H groups in total. The molecule has 0 aliphatic heterocycles. The zero-order valence-electron chi connectivity index (χ0n) is 11.3. The lowest BCUT2D eigenvalue weighted by molar-refractivity contribution is 0.316. The maximum atomic E-state index is 6.20. The van der Waals surface area contributed by atoms with Crippen LogP contribution in [0.2, 0.25) is 0 Å². The van der Waals surface area contributed by atoms with Crippen molar-refractivity contribution in [3.8, 4) is 0 Å². The molecule has 1 nitrogen and oxygen atoms in total. The largest absolute Gasteiger partial charge is 0.325 e. The standard InChI is InChI=1S/C16H23N/c1-11-9-13-7-5-6-8-14(13)15(11)10-12(2)16(3,4)17/h5-9,12,15H,10,17H2,1-4H3. The van der Waals surface area contributed by atoms with Gasteiger partial charge in [0.05, 0.1) is 0 Å². The minimum atomic E-state index is -0.0994. The first-order valence-electron chi connectivity index (χ1n) is 6.45. The minimum Gasteiger partial charge on any atom is -0.325 e. The van der Waals surface area contributed by atoms with Gasteiger partial charge in [0.15, 0.2) is 0 Å². The molecule has 0 spiro atoms. The topological polar surface area (TPSA) is 26.0 Å². The fourth-order valence-corrected chi connectivity index (χ4v) is 2.52. The van der Waals surface area contributed by atoms with E-state index in [4.69, 9.17) is 5.73 Å². The number of rotatable bonds is 3. The second-order valence-electron chi connectivity index (χ2n) is 6.03. The Morgan fingerprint density at radius 3 is 2.59 bits per heavy atom. The molecule has 1 aromatic carbocycles. The first kappa shape index (κ1) is 12.4. The van der Waals surface area contributed by atoms with Crippen LogP contribution in [0.5, 0.6) is 0 Å². The molecule has 1 heteroatoms. The summed E-state index contributed by atoms with van der Waals surface area (Å²) in [6.45, 7) is 8.74. The summed E-state index contributed by atoms with van der Waals surface area (Å²) in [4.78, 5) is 0. The predicted octanol–water partition coefficient (Wildman–Crippen LogP) is 3.95. The number of hydrogen-bond acceptors (Lipinski definition) is 1. The van der Waals surface area contributed by atoms with Crippen LogP contribution in [-0.4, -0.2) is 5.54 Å². The zero-order valence-corrected chi connectivity index (χ0v) is 11.3. The molecule has 2 atom stereocenters. The first-order valence-corrected chi connectivity index (χ1v) is 6.45. The van der Waals surface area contributed by atoms with Gasteiger partial charge in [-0.2, -0.15) is 0 Å². The van der Waals surface area contributed by atoms with Crippen molar-refractivity contribution in [1.82, 2.24) is 0 Å². The molecule has 0 aromatic heterocycles. The highest BCUT2D eigenvalue weighted by Gasteiger charge is 2.28. The fraction of sp³-hybridized carbons (Fsp3) is 0.500. The van der Waals surface area contributed by atoms with Crippen molar-refractivity contribution < 1.29 is 0 Å². The van der Waals surface area contributed by atoms with Crippen LogP contribution in [0, 0.1) is 5.92 Å². The maximum Gasteiger partial charge on any atom is 0.0123 e. The Morgan fingerprint density at radius 2 is 1.94 bits per heavy atom. The van der Waals surface area contributed by atoms with E-state index in [2.05, 4.69) is 58.0 Å². The van der Waals surface area contributed by atoms with Crippen molar-refractivity contribution in [3.05, 3.63) is 41.0 Å². The Hall–Kier alpha value is -1.08. The van der Waals surface area contributed by atoms with Crippen molar-refractivity contribution in [1.29, 1.82) is 0 Å². The lowest BCUT2D eigenvalue weighted by Crippen LogP contribution is -2.40. The summed E-state index contributed by atoms with van der Waals surface area (Å²) in [5.41, 5.74) is 10.4. The molecule has 0 heterocycles. The Balaban J connectivity index is 2.21. The highest BCUT2D eigenvalue weighted by molar-refractivity contribution is 5.65. The van der Waals surface area contributed by atoms with Gasteiger partial charge in [-0.05, 0) is 44.2 Å². The van der Waals surface area contributed by atoms with Gasteiger partial charge in [-0.1, -0.05) is 42.8 Å². The molecule has 0 amide bonds. The second-order valence-corrected chi connectivity index (χ2v) is 6.03. The summed E-state index contributed by atoms with van der Waals surface area (Å²) < 4.78 is 0. The van der Waals surface area contributed by atoms with E-state index < -0.39 is 0 Å². The highest BCUT2D eigenvalue weighted by Crippen LogP contribution is 2.41. The van der Waals surface area contributed by atoms with E-state index in [0.29, 0.717) is 11.8 Å². The third-order valence-electron chi connectivity index (χ3n) is 4.16. The van der Waals surface area contributed by atoms with Crippen molar-refractivity contribution in [3.63, 3.8) is 0 Å². The van der Waals surface area contributed by atoms with Crippen LogP contribution in [0.1, 0.15) is 51.2 Å². The molecule has 0 radical (unpaired) electrons. The van der Waals surface area contributed by atoms with Gasteiger partial charge in [-0.3, -0.25) is 0 Å². The third-order valence-corrected chi connectivity index (χ3v) is 4.16. The van der Waals surface area contributed by atoms with Crippen LogP contribution >= 0.6 is 0 Å². The smallest absolute Gasteiger partial charge is 0.0123 e. The van der Waals surface area contributed by atoms with E-state index in [-0.39, 0.29) is 5.54 Å². The minimum absolute atomic E-state index is 0.0994. The van der Waals surface area contributed by atoms with Gasteiger partial charge in [0, 0.05) is 11.5 Å². The number of hydrogen-bond donors (Lipinski definition) is 1. The molecule has 2 unspecified atom stereocenters. The Morgan fingerprint density at radius 1 is 1.29 bits per heavy atom. The quantitative estimate of drug-likeness (QED) is 0.834. The van der Waals surface area contributed by atoms with E-state index >= 15 is 0 Å². The average molecular weight is 229 g/mol. The van der Waals surface area contributed by atoms with E-state index in [0.717, 1.165) is 6.42 Å². The van der Waals surface area contributed by atoms with Crippen molar-refractivity contribution in [2.45, 2.75) is 45.6 Å².